The van der Waals surface area contributed by atoms with E-state index < -0.39 is 10.0 Å². The standard InChI is InChI=1S/C13H21N3O2S/c1-2-10-19(17,18)15-12-6-5-9-16(11-12)13-7-3-4-8-14-13/h3-4,7-8,12,15H,2,5-6,9-11H2,1H3/t12-/m1/s1. The van der Waals surface area contributed by atoms with Crippen LogP contribution in [0.15, 0.2) is 24.4 Å². The SMILES string of the molecule is CCCS(=O)(=O)N[C@@H]1CCCN(c2ccccn2)C1. The van der Waals surface area contributed by atoms with Crippen LogP contribution < -0.4 is 9.62 Å². The zero-order valence-electron chi connectivity index (χ0n) is 11.2. The average molecular weight is 283 g/mol. The largest absolute Gasteiger partial charge is 0.355 e. The third-order valence-electron chi connectivity index (χ3n) is 3.21. The predicted octanol–water partition coefficient (Wildman–Crippen LogP) is 1.38. The van der Waals surface area contributed by atoms with Crippen molar-refractivity contribution in [3.05, 3.63) is 24.4 Å². The highest BCUT2D eigenvalue weighted by molar-refractivity contribution is 7.89. The number of sulfonamides is 1. The van der Waals surface area contributed by atoms with Crippen molar-refractivity contribution in [2.75, 3.05) is 23.7 Å². The Kier molecular flexibility index (Phi) is 4.76. The number of hydrogen-bond donors (Lipinski definition) is 1. The van der Waals surface area contributed by atoms with Crippen LogP contribution in [0.25, 0.3) is 0 Å². The molecule has 1 N–H and O–H groups in total. The van der Waals surface area contributed by atoms with Gasteiger partial charge in [-0.3, -0.25) is 0 Å². The van der Waals surface area contributed by atoms with Gasteiger partial charge in [0.1, 0.15) is 5.82 Å². The third kappa shape index (κ3) is 4.18. The molecule has 1 aromatic heterocycles. The second-order valence-corrected chi connectivity index (χ2v) is 6.78. The fourth-order valence-corrected chi connectivity index (χ4v) is 3.76. The van der Waals surface area contributed by atoms with E-state index in [-0.39, 0.29) is 11.8 Å². The van der Waals surface area contributed by atoms with Gasteiger partial charge in [0.15, 0.2) is 0 Å². The lowest BCUT2D eigenvalue weighted by Gasteiger charge is -2.33. The molecule has 0 aromatic carbocycles. The first-order valence-electron chi connectivity index (χ1n) is 6.76. The van der Waals surface area contributed by atoms with E-state index in [9.17, 15) is 8.42 Å². The molecule has 0 bridgehead atoms. The molecule has 106 valence electrons. The van der Waals surface area contributed by atoms with Gasteiger partial charge in [-0.1, -0.05) is 13.0 Å². The van der Waals surface area contributed by atoms with Gasteiger partial charge in [-0.2, -0.15) is 0 Å². The summed E-state index contributed by atoms with van der Waals surface area (Å²) in [6.45, 7) is 3.50. The molecule has 5 nitrogen and oxygen atoms in total. The number of rotatable bonds is 5. The van der Waals surface area contributed by atoms with Crippen molar-refractivity contribution < 1.29 is 8.42 Å². The van der Waals surface area contributed by atoms with E-state index in [1.54, 1.807) is 6.20 Å². The summed E-state index contributed by atoms with van der Waals surface area (Å²) in [6, 6.07) is 5.79. The minimum Gasteiger partial charge on any atom is -0.355 e. The van der Waals surface area contributed by atoms with E-state index in [0.29, 0.717) is 13.0 Å². The zero-order valence-corrected chi connectivity index (χ0v) is 12.1. The fourth-order valence-electron chi connectivity index (χ4n) is 2.40. The van der Waals surface area contributed by atoms with E-state index in [4.69, 9.17) is 0 Å². The van der Waals surface area contributed by atoms with Crippen LogP contribution in [0.5, 0.6) is 0 Å². The van der Waals surface area contributed by atoms with Crippen molar-refractivity contribution in [2.45, 2.75) is 32.2 Å². The first kappa shape index (κ1) is 14.3. The monoisotopic (exact) mass is 283 g/mol. The highest BCUT2D eigenvalue weighted by Crippen LogP contribution is 2.17. The molecule has 0 aliphatic carbocycles. The van der Waals surface area contributed by atoms with Crippen molar-refractivity contribution in [3.8, 4) is 0 Å². The van der Waals surface area contributed by atoms with Crippen LogP contribution in [0, 0.1) is 0 Å². The molecule has 2 rings (SSSR count). The maximum atomic E-state index is 11.8. The Morgan fingerprint density at radius 3 is 3.00 bits per heavy atom. The summed E-state index contributed by atoms with van der Waals surface area (Å²) in [6.07, 6.45) is 4.29. The smallest absolute Gasteiger partial charge is 0.211 e. The molecule has 1 aliphatic heterocycles. The second-order valence-electron chi connectivity index (χ2n) is 4.91. The van der Waals surface area contributed by atoms with E-state index in [2.05, 4.69) is 14.6 Å². The first-order chi connectivity index (χ1) is 9.11. The lowest BCUT2D eigenvalue weighted by Crippen LogP contribution is -2.48. The summed E-state index contributed by atoms with van der Waals surface area (Å²) in [4.78, 5) is 6.46. The summed E-state index contributed by atoms with van der Waals surface area (Å²) in [5.41, 5.74) is 0. The minimum atomic E-state index is -3.13. The molecule has 0 unspecified atom stereocenters. The van der Waals surface area contributed by atoms with E-state index in [0.717, 1.165) is 25.2 Å². The minimum absolute atomic E-state index is 0.00712. The van der Waals surface area contributed by atoms with Crippen LogP contribution in [-0.2, 0) is 10.0 Å². The fraction of sp³-hybridized carbons (Fsp3) is 0.615. The average Bonchev–Trinajstić information content (AvgIpc) is 2.39. The van der Waals surface area contributed by atoms with E-state index in [1.165, 1.54) is 0 Å². The van der Waals surface area contributed by atoms with E-state index >= 15 is 0 Å². The zero-order chi connectivity index (χ0) is 13.7. The molecule has 0 spiro atoms. The van der Waals surface area contributed by atoms with Gasteiger partial charge >= 0.3 is 0 Å². The Hall–Kier alpha value is -1.14. The van der Waals surface area contributed by atoms with Crippen LogP contribution in [0.3, 0.4) is 0 Å². The highest BCUT2D eigenvalue weighted by Gasteiger charge is 2.24. The lowest BCUT2D eigenvalue weighted by atomic mass is 10.1. The summed E-state index contributed by atoms with van der Waals surface area (Å²) < 4.78 is 26.4. The molecular formula is C13H21N3O2S. The summed E-state index contributed by atoms with van der Waals surface area (Å²) >= 11 is 0. The number of nitrogens with zero attached hydrogens (tertiary/aromatic N) is 2. The van der Waals surface area contributed by atoms with Gasteiger partial charge in [-0.25, -0.2) is 18.1 Å². The summed E-state index contributed by atoms with van der Waals surface area (Å²) in [5.74, 6) is 1.12. The van der Waals surface area contributed by atoms with Crippen LogP contribution >= 0.6 is 0 Å². The maximum Gasteiger partial charge on any atom is 0.211 e. The summed E-state index contributed by atoms with van der Waals surface area (Å²) in [5, 5.41) is 0. The Balaban J connectivity index is 1.98. The number of anilines is 1. The molecule has 6 heteroatoms. The van der Waals surface area contributed by atoms with Crippen LogP contribution in [-0.4, -0.2) is 38.3 Å². The van der Waals surface area contributed by atoms with E-state index in [1.807, 2.05) is 25.1 Å². The van der Waals surface area contributed by atoms with Crippen molar-refractivity contribution in [3.63, 3.8) is 0 Å². The van der Waals surface area contributed by atoms with Gasteiger partial charge in [0, 0.05) is 25.3 Å². The van der Waals surface area contributed by atoms with Gasteiger partial charge in [-0.15, -0.1) is 0 Å². The second kappa shape index (κ2) is 6.34. The molecule has 19 heavy (non-hydrogen) atoms. The molecule has 0 radical (unpaired) electrons. The number of piperidine rings is 1. The van der Waals surface area contributed by atoms with Crippen LogP contribution in [0.4, 0.5) is 5.82 Å². The molecular weight excluding hydrogens is 262 g/mol. The topological polar surface area (TPSA) is 62.3 Å². The van der Waals surface area contributed by atoms with Gasteiger partial charge in [-0.05, 0) is 31.4 Å². The summed E-state index contributed by atoms with van der Waals surface area (Å²) in [7, 11) is -3.13. The lowest BCUT2D eigenvalue weighted by molar-refractivity contribution is 0.464. The molecule has 1 saturated heterocycles. The molecule has 1 atom stereocenters. The molecule has 2 heterocycles. The quantitative estimate of drug-likeness (QED) is 0.887. The Labute approximate surface area is 115 Å². The molecule has 1 aromatic rings. The number of pyridine rings is 1. The molecule has 1 aliphatic rings. The highest BCUT2D eigenvalue weighted by atomic mass is 32.2. The van der Waals surface area contributed by atoms with Gasteiger partial charge < -0.3 is 4.90 Å². The molecule has 0 saturated carbocycles. The van der Waals surface area contributed by atoms with Gasteiger partial charge in [0.25, 0.3) is 0 Å². The van der Waals surface area contributed by atoms with Crippen LogP contribution in [0.1, 0.15) is 26.2 Å². The molecule has 1 fully saturated rings. The van der Waals surface area contributed by atoms with Crippen LogP contribution in [0.2, 0.25) is 0 Å². The van der Waals surface area contributed by atoms with Gasteiger partial charge in [0.2, 0.25) is 10.0 Å². The maximum absolute atomic E-state index is 11.8. The van der Waals surface area contributed by atoms with Crippen molar-refractivity contribution >= 4 is 15.8 Å². The normalized spacial score (nSPS) is 20.5. The predicted molar refractivity (Wildman–Crippen MR) is 76.7 cm³/mol. The number of nitrogens with one attached hydrogen (secondary N) is 1. The Morgan fingerprint density at radius 2 is 2.32 bits per heavy atom. The Morgan fingerprint density at radius 1 is 1.47 bits per heavy atom. The van der Waals surface area contributed by atoms with Crippen molar-refractivity contribution in [1.82, 2.24) is 9.71 Å². The molecule has 0 amide bonds. The van der Waals surface area contributed by atoms with Crippen molar-refractivity contribution in [2.24, 2.45) is 0 Å². The number of hydrogen-bond acceptors (Lipinski definition) is 4. The van der Waals surface area contributed by atoms with Crippen molar-refractivity contribution in [1.29, 1.82) is 0 Å². The Bertz CT molecular complexity index is 490. The first-order valence-corrected chi connectivity index (χ1v) is 8.42. The third-order valence-corrected chi connectivity index (χ3v) is 4.85. The number of aromatic nitrogens is 1. The van der Waals surface area contributed by atoms with Gasteiger partial charge in [0.05, 0.1) is 5.75 Å².